The molecule has 3 nitrogen and oxygen atoms in total. The Hall–Kier alpha value is -1.52. The monoisotopic (exact) mass is 334 g/mol. The number of rotatable bonds is 4. The smallest absolute Gasteiger partial charge is 0.129 e. The first-order valence-corrected chi connectivity index (χ1v) is 7.27. The SMILES string of the molecule is C[C@@H](N)c1ccc(Oc2cccc(N(C)C)c2)cc1Br. The molecule has 0 heterocycles. The van der Waals surface area contributed by atoms with Gasteiger partial charge in [-0.2, -0.15) is 0 Å². The van der Waals surface area contributed by atoms with Crippen molar-refractivity contribution in [3.8, 4) is 11.5 Å². The average molecular weight is 335 g/mol. The summed E-state index contributed by atoms with van der Waals surface area (Å²) in [7, 11) is 4.01. The van der Waals surface area contributed by atoms with Crippen LogP contribution in [0.15, 0.2) is 46.9 Å². The number of nitrogens with two attached hydrogens (primary N) is 1. The van der Waals surface area contributed by atoms with Gasteiger partial charge in [-0.05, 0) is 36.8 Å². The van der Waals surface area contributed by atoms with Gasteiger partial charge in [-0.15, -0.1) is 0 Å². The van der Waals surface area contributed by atoms with Gasteiger partial charge < -0.3 is 15.4 Å². The van der Waals surface area contributed by atoms with Crippen molar-refractivity contribution in [1.82, 2.24) is 0 Å². The molecule has 2 aromatic carbocycles. The van der Waals surface area contributed by atoms with Gasteiger partial charge >= 0.3 is 0 Å². The summed E-state index contributed by atoms with van der Waals surface area (Å²) in [6.45, 7) is 1.96. The number of hydrogen-bond acceptors (Lipinski definition) is 3. The van der Waals surface area contributed by atoms with E-state index >= 15 is 0 Å². The topological polar surface area (TPSA) is 38.5 Å². The molecule has 0 spiro atoms. The van der Waals surface area contributed by atoms with Gasteiger partial charge in [0.05, 0.1) is 0 Å². The number of halogens is 1. The van der Waals surface area contributed by atoms with Crippen molar-refractivity contribution in [2.45, 2.75) is 13.0 Å². The van der Waals surface area contributed by atoms with Crippen LogP contribution < -0.4 is 15.4 Å². The fraction of sp³-hybridized carbons (Fsp3) is 0.250. The number of hydrogen-bond donors (Lipinski definition) is 1. The van der Waals surface area contributed by atoms with E-state index in [9.17, 15) is 0 Å². The quantitative estimate of drug-likeness (QED) is 0.904. The average Bonchev–Trinajstić information content (AvgIpc) is 2.38. The van der Waals surface area contributed by atoms with Crippen molar-refractivity contribution >= 4 is 21.6 Å². The molecular weight excluding hydrogens is 316 g/mol. The van der Waals surface area contributed by atoms with Gasteiger partial charge in [-0.25, -0.2) is 0 Å². The lowest BCUT2D eigenvalue weighted by molar-refractivity contribution is 0.482. The van der Waals surface area contributed by atoms with Crippen LogP contribution in [0.25, 0.3) is 0 Å². The van der Waals surface area contributed by atoms with E-state index in [1.165, 1.54) is 0 Å². The third kappa shape index (κ3) is 3.52. The predicted molar refractivity (Wildman–Crippen MR) is 87.6 cm³/mol. The number of nitrogens with zero attached hydrogens (tertiary/aromatic N) is 1. The van der Waals surface area contributed by atoms with E-state index in [1.807, 2.05) is 68.4 Å². The summed E-state index contributed by atoms with van der Waals surface area (Å²) in [5, 5.41) is 0. The summed E-state index contributed by atoms with van der Waals surface area (Å²) in [6.07, 6.45) is 0. The lowest BCUT2D eigenvalue weighted by Gasteiger charge is -2.15. The summed E-state index contributed by atoms with van der Waals surface area (Å²) >= 11 is 3.53. The molecule has 0 unspecified atom stereocenters. The van der Waals surface area contributed by atoms with Crippen molar-refractivity contribution < 1.29 is 4.74 Å². The van der Waals surface area contributed by atoms with E-state index in [0.717, 1.165) is 27.2 Å². The number of ether oxygens (including phenoxy) is 1. The Balaban J connectivity index is 2.22. The molecule has 1 atom stereocenters. The van der Waals surface area contributed by atoms with E-state index in [2.05, 4.69) is 15.9 Å². The Labute approximate surface area is 128 Å². The highest BCUT2D eigenvalue weighted by molar-refractivity contribution is 9.10. The lowest BCUT2D eigenvalue weighted by atomic mass is 10.1. The summed E-state index contributed by atoms with van der Waals surface area (Å²) in [5.74, 6) is 1.61. The minimum atomic E-state index is -0.00417. The largest absolute Gasteiger partial charge is 0.457 e. The van der Waals surface area contributed by atoms with Gasteiger partial charge in [0.25, 0.3) is 0 Å². The normalized spacial score (nSPS) is 12.1. The van der Waals surface area contributed by atoms with Gasteiger partial charge in [0.2, 0.25) is 0 Å². The maximum Gasteiger partial charge on any atom is 0.129 e. The summed E-state index contributed by atoms with van der Waals surface area (Å²) in [4.78, 5) is 2.04. The number of benzene rings is 2. The molecule has 4 heteroatoms. The maximum atomic E-state index is 5.89. The molecule has 0 saturated carbocycles. The Morgan fingerprint density at radius 2 is 1.80 bits per heavy atom. The maximum absolute atomic E-state index is 5.89. The second-order valence-electron chi connectivity index (χ2n) is 4.97. The van der Waals surface area contributed by atoms with E-state index in [0.29, 0.717) is 0 Å². The molecule has 2 aromatic rings. The molecule has 0 fully saturated rings. The highest BCUT2D eigenvalue weighted by Gasteiger charge is 2.07. The van der Waals surface area contributed by atoms with Gasteiger partial charge in [0.1, 0.15) is 11.5 Å². The third-order valence-corrected chi connectivity index (χ3v) is 3.72. The van der Waals surface area contributed by atoms with Crippen molar-refractivity contribution in [3.05, 3.63) is 52.5 Å². The Morgan fingerprint density at radius 3 is 2.40 bits per heavy atom. The molecule has 0 aromatic heterocycles. The molecule has 0 radical (unpaired) electrons. The Morgan fingerprint density at radius 1 is 1.10 bits per heavy atom. The fourth-order valence-electron chi connectivity index (χ4n) is 1.90. The fourth-order valence-corrected chi connectivity index (χ4v) is 2.62. The summed E-state index contributed by atoms with van der Waals surface area (Å²) < 4.78 is 6.85. The van der Waals surface area contributed by atoms with Crippen LogP contribution in [0.3, 0.4) is 0 Å². The van der Waals surface area contributed by atoms with Crippen LogP contribution in [-0.4, -0.2) is 14.1 Å². The molecule has 2 rings (SSSR count). The summed E-state index contributed by atoms with van der Waals surface area (Å²) in [5.41, 5.74) is 8.07. The van der Waals surface area contributed by atoms with Gasteiger partial charge in [-0.1, -0.05) is 28.1 Å². The van der Waals surface area contributed by atoms with E-state index in [-0.39, 0.29) is 6.04 Å². The molecule has 106 valence electrons. The van der Waals surface area contributed by atoms with E-state index < -0.39 is 0 Å². The van der Waals surface area contributed by atoms with Crippen molar-refractivity contribution in [2.24, 2.45) is 5.73 Å². The highest BCUT2D eigenvalue weighted by Crippen LogP contribution is 2.30. The zero-order chi connectivity index (χ0) is 14.7. The van der Waals surface area contributed by atoms with E-state index in [4.69, 9.17) is 10.5 Å². The van der Waals surface area contributed by atoms with Crippen molar-refractivity contribution in [3.63, 3.8) is 0 Å². The first kappa shape index (κ1) is 14.9. The predicted octanol–water partition coefficient (Wildman–Crippen LogP) is 4.33. The second kappa shape index (κ2) is 6.29. The zero-order valence-corrected chi connectivity index (χ0v) is 13.5. The Bertz CT molecular complexity index is 597. The number of anilines is 1. The molecule has 2 N–H and O–H groups in total. The molecule has 0 saturated heterocycles. The first-order chi connectivity index (χ1) is 9.47. The van der Waals surface area contributed by atoms with Gasteiger partial charge in [-0.3, -0.25) is 0 Å². The van der Waals surface area contributed by atoms with Crippen LogP contribution in [0.1, 0.15) is 18.5 Å². The Kier molecular flexibility index (Phi) is 4.68. The second-order valence-corrected chi connectivity index (χ2v) is 5.82. The van der Waals surface area contributed by atoms with Gasteiger partial charge in [0.15, 0.2) is 0 Å². The summed E-state index contributed by atoms with van der Waals surface area (Å²) in [6, 6.07) is 13.8. The molecule has 0 aliphatic rings. The van der Waals surface area contributed by atoms with Crippen LogP contribution in [0, 0.1) is 0 Å². The molecule has 0 bridgehead atoms. The third-order valence-electron chi connectivity index (χ3n) is 3.03. The van der Waals surface area contributed by atoms with E-state index in [1.54, 1.807) is 0 Å². The molecule has 20 heavy (non-hydrogen) atoms. The van der Waals surface area contributed by atoms with Crippen LogP contribution in [0.4, 0.5) is 5.69 Å². The lowest BCUT2D eigenvalue weighted by Crippen LogP contribution is -2.08. The van der Waals surface area contributed by atoms with Crippen LogP contribution in [-0.2, 0) is 0 Å². The van der Waals surface area contributed by atoms with Crippen LogP contribution >= 0.6 is 15.9 Å². The van der Waals surface area contributed by atoms with Crippen LogP contribution in [0.5, 0.6) is 11.5 Å². The van der Waals surface area contributed by atoms with Gasteiger partial charge in [0, 0.05) is 36.4 Å². The van der Waals surface area contributed by atoms with Crippen molar-refractivity contribution in [1.29, 1.82) is 0 Å². The zero-order valence-electron chi connectivity index (χ0n) is 11.9. The first-order valence-electron chi connectivity index (χ1n) is 6.47. The minimum Gasteiger partial charge on any atom is -0.457 e. The van der Waals surface area contributed by atoms with Crippen molar-refractivity contribution in [2.75, 3.05) is 19.0 Å². The highest BCUT2D eigenvalue weighted by atomic mass is 79.9. The minimum absolute atomic E-state index is 0.00417. The molecular formula is C16H19BrN2O. The molecule has 0 aliphatic heterocycles. The van der Waals surface area contributed by atoms with Crippen LogP contribution in [0.2, 0.25) is 0 Å². The molecule has 0 aliphatic carbocycles. The standard InChI is InChI=1S/C16H19BrN2O/c1-11(18)15-8-7-14(10-16(15)17)20-13-6-4-5-12(9-13)19(2)3/h4-11H,18H2,1-3H3/t11-/m1/s1. The molecule has 0 amide bonds.